The zero-order valence-corrected chi connectivity index (χ0v) is 18.6. The van der Waals surface area contributed by atoms with Gasteiger partial charge in [-0.25, -0.2) is 0 Å². The fourth-order valence-electron chi connectivity index (χ4n) is 2.29. The zero-order valence-electron chi connectivity index (χ0n) is 13.7. The molecule has 0 bridgehead atoms. The summed E-state index contributed by atoms with van der Waals surface area (Å²) in [6, 6.07) is 0. The fraction of sp³-hybridized carbons (Fsp3) is 0.438. The molecule has 6 heteroatoms. The van der Waals surface area contributed by atoms with Crippen LogP contribution in [-0.2, 0) is 30.4 Å². The Kier molecular flexibility index (Phi) is 10.5. The minimum atomic E-state index is -1.95. The number of hydrogen-bond acceptors (Lipinski definition) is 2. The first-order chi connectivity index (χ1) is 9.47. The molecule has 0 fully saturated rings. The smallest absolute Gasteiger partial charge is 1.00 e. The quantitative estimate of drug-likeness (QED) is 0.363. The van der Waals surface area contributed by atoms with E-state index in [9.17, 15) is 0 Å². The molecule has 122 valence electrons. The van der Waals surface area contributed by atoms with Gasteiger partial charge in [-0.2, -0.15) is 0 Å². The molecular formula is C16H24Cl2O2SiZr. The molecule has 22 heavy (non-hydrogen) atoms. The summed E-state index contributed by atoms with van der Waals surface area (Å²) in [5, 5.41) is 0. The second kappa shape index (κ2) is 10.3. The van der Waals surface area contributed by atoms with E-state index in [1.807, 2.05) is 0 Å². The molecule has 0 amide bonds. The van der Waals surface area contributed by atoms with Crippen LogP contribution in [-0.4, -0.2) is 18.5 Å². The van der Waals surface area contributed by atoms with Gasteiger partial charge in [0.05, 0.1) is 0 Å². The number of rotatable bonds is 6. The molecule has 2 nitrogen and oxygen atoms in total. The third-order valence-electron chi connectivity index (χ3n) is 3.30. The van der Waals surface area contributed by atoms with E-state index < -0.39 is 29.6 Å². The SMILES string of the molecule is C[C](OCO[Si](C)(C)C)=[Zr+2]([C]1=CC=CC1)[C]1=CC=CC1.[Cl-].[Cl-]. The normalized spacial score (nSPS) is 15.4. The van der Waals surface area contributed by atoms with Crippen molar-refractivity contribution in [2.24, 2.45) is 0 Å². The van der Waals surface area contributed by atoms with E-state index in [1.165, 1.54) is 3.39 Å². The van der Waals surface area contributed by atoms with Crippen LogP contribution < -0.4 is 24.8 Å². The van der Waals surface area contributed by atoms with Crippen LogP contribution in [0.5, 0.6) is 0 Å². The Labute approximate surface area is 155 Å². The van der Waals surface area contributed by atoms with E-state index >= 15 is 0 Å². The van der Waals surface area contributed by atoms with Crippen molar-refractivity contribution < 1.29 is 55.2 Å². The predicted octanol–water partition coefficient (Wildman–Crippen LogP) is -1.72. The van der Waals surface area contributed by atoms with Crippen molar-refractivity contribution in [3.8, 4) is 0 Å². The first-order valence-corrected chi connectivity index (χ1v) is 14.3. The van der Waals surface area contributed by atoms with Gasteiger partial charge in [0.1, 0.15) is 0 Å². The van der Waals surface area contributed by atoms with Crippen LogP contribution in [0.25, 0.3) is 0 Å². The van der Waals surface area contributed by atoms with E-state index in [2.05, 4.69) is 63.0 Å². The van der Waals surface area contributed by atoms with Crippen molar-refractivity contribution in [3.05, 3.63) is 43.0 Å². The van der Waals surface area contributed by atoms with Gasteiger partial charge in [0.25, 0.3) is 0 Å². The molecule has 0 aromatic heterocycles. The third kappa shape index (κ3) is 6.90. The van der Waals surface area contributed by atoms with Crippen LogP contribution in [0.2, 0.25) is 19.6 Å². The van der Waals surface area contributed by atoms with Crippen molar-refractivity contribution in [2.75, 3.05) is 6.79 Å². The van der Waals surface area contributed by atoms with Crippen molar-refractivity contribution >= 4 is 11.7 Å². The van der Waals surface area contributed by atoms with Crippen molar-refractivity contribution in [3.63, 3.8) is 0 Å². The Morgan fingerprint density at radius 2 is 1.55 bits per heavy atom. The molecular weight excluding hydrogens is 414 g/mol. The second-order valence-electron chi connectivity index (χ2n) is 6.10. The largest absolute Gasteiger partial charge is 1.00 e. The maximum Gasteiger partial charge on any atom is -1.00 e. The zero-order chi connectivity index (χ0) is 14.6. The minimum absolute atomic E-state index is 0. The van der Waals surface area contributed by atoms with Gasteiger partial charge in [0, 0.05) is 0 Å². The molecule has 0 aliphatic heterocycles. The molecule has 2 aliphatic carbocycles. The van der Waals surface area contributed by atoms with Gasteiger partial charge in [-0.15, -0.1) is 0 Å². The average molecular weight is 439 g/mol. The van der Waals surface area contributed by atoms with Crippen molar-refractivity contribution in [1.29, 1.82) is 0 Å². The molecule has 0 heterocycles. The number of allylic oxidation sites excluding steroid dienone is 8. The van der Waals surface area contributed by atoms with Gasteiger partial charge in [-0.05, 0) is 0 Å². The van der Waals surface area contributed by atoms with Gasteiger partial charge in [0.2, 0.25) is 0 Å². The van der Waals surface area contributed by atoms with Crippen LogP contribution >= 0.6 is 0 Å². The third-order valence-corrected chi connectivity index (χ3v) is 11.4. The number of halogens is 2. The summed E-state index contributed by atoms with van der Waals surface area (Å²) in [5.74, 6) is 0. The summed E-state index contributed by atoms with van der Waals surface area (Å²) in [6.07, 6.45) is 15.7. The topological polar surface area (TPSA) is 18.5 Å². The Morgan fingerprint density at radius 3 is 1.91 bits per heavy atom. The van der Waals surface area contributed by atoms with Crippen LogP contribution in [0.1, 0.15) is 19.8 Å². The summed E-state index contributed by atoms with van der Waals surface area (Å²) in [6.45, 7) is 9.17. The summed E-state index contributed by atoms with van der Waals surface area (Å²) < 4.78 is 16.3. The molecule has 0 atom stereocenters. The summed E-state index contributed by atoms with van der Waals surface area (Å²) in [7, 11) is -1.49. The first-order valence-electron chi connectivity index (χ1n) is 7.17. The molecule has 0 saturated heterocycles. The molecule has 0 spiro atoms. The van der Waals surface area contributed by atoms with Gasteiger partial charge >= 0.3 is 131 Å². The maximum atomic E-state index is 5.98. The van der Waals surface area contributed by atoms with Crippen LogP contribution in [0, 0.1) is 0 Å². The summed E-state index contributed by atoms with van der Waals surface area (Å²) >= 11 is -1.95. The van der Waals surface area contributed by atoms with E-state index in [4.69, 9.17) is 9.16 Å². The molecule has 2 rings (SSSR count). The Balaban J connectivity index is 0.00000220. The van der Waals surface area contributed by atoms with Gasteiger partial charge in [0.15, 0.2) is 0 Å². The van der Waals surface area contributed by atoms with E-state index in [1.54, 1.807) is 6.56 Å². The van der Waals surface area contributed by atoms with E-state index in [0.717, 1.165) is 12.8 Å². The summed E-state index contributed by atoms with van der Waals surface area (Å²) in [5.41, 5.74) is 0. The minimum Gasteiger partial charge on any atom is -1.00 e. The number of hydrogen-bond donors (Lipinski definition) is 0. The van der Waals surface area contributed by atoms with Gasteiger partial charge < -0.3 is 24.8 Å². The molecule has 0 aromatic carbocycles. The Hall–Kier alpha value is 0.430. The van der Waals surface area contributed by atoms with Gasteiger partial charge in [-0.1, -0.05) is 0 Å². The van der Waals surface area contributed by atoms with Crippen molar-refractivity contribution in [1.82, 2.24) is 0 Å². The number of ether oxygens (including phenoxy) is 1. The Morgan fingerprint density at radius 1 is 1.05 bits per heavy atom. The molecule has 0 N–H and O–H groups in total. The average Bonchev–Trinajstić information content (AvgIpc) is 3.00. The van der Waals surface area contributed by atoms with E-state index in [0.29, 0.717) is 6.79 Å². The van der Waals surface area contributed by atoms with Crippen LogP contribution in [0.15, 0.2) is 43.0 Å². The molecule has 2 aliphatic rings. The predicted molar refractivity (Wildman–Crippen MR) is 84.7 cm³/mol. The molecule has 0 aromatic rings. The molecule has 0 radical (unpaired) electrons. The fourth-order valence-corrected chi connectivity index (χ4v) is 9.31. The van der Waals surface area contributed by atoms with Crippen LogP contribution in [0.3, 0.4) is 0 Å². The van der Waals surface area contributed by atoms with Gasteiger partial charge in [-0.3, -0.25) is 0 Å². The second-order valence-corrected chi connectivity index (χ2v) is 17.3. The first kappa shape index (κ1) is 22.4. The maximum absolute atomic E-state index is 5.98. The standard InChI is InChI=1S/C6H14O2Si.2C5H5.2ClH.Zr/c1-5-7-6-8-9(2,3)4;2*1-2-4-5-3-1;;;/h6H2,1-4H3;2*1-3H,4H2;2*1H;/q;;;;;+2/p-2. The van der Waals surface area contributed by atoms with E-state index in [-0.39, 0.29) is 24.8 Å². The monoisotopic (exact) mass is 436 g/mol. The molecule has 0 saturated carbocycles. The Bertz CT molecular complexity index is 497. The van der Waals surface area contributed by atoms with Crippen molar-refractivity contribution in [2.45, 2.75) is 39.4 Å². The molecule has 0 unspecified atom stereocenters. The summed E-state index contributed by atoms with van der Waals surface area (Å²) in [4.78, 5) is 0. The van der Waals surface area contributed by atoms with Crippen LogP contribution in [0.4, 0.5) is 0 Å².